The Balaban J connectivity index is 1.40. The predicted octanol–water partition coefficient (Wildman–Crippen LogP) is 5.27. The zero-order valence-corrected chi connectivity index (χ0v) is 18.6. The maximum Gasteiger partial charge on any atom is 0.283 e. The van der Waals surface area contributed by atoms with E-state index in [2.05, 4.69) is 4.99 Å². The van der Waals surface area contributed by atoms with E-state index in [1.165, 1.54) is 17.3 Å². The number of allylic oxidation sites excluding steroid dienone is 1. The maximum absolute atomic E-state index is 12.4. The highest BCUT2D eigenvalue weighted by Crippen LogP contribution is 2.32. The van der Waals surface area contributed by atoms with Gasteiger partial charge in [-0.05, 0) is 55.2 Å². The van der Waals surface area contributed by atoms with Gasteiger partial charge in [0.05, 0.1) is 10.6 Å². The molecule has 31 heavy (non-hydrogen) atoms. The van der Waals surface area contributed by atoms with Crippen molar-refractivity contribution in [2.24, 2.45) is 4.99 Å². The molecule has 2 aliphatic rings. The monoisotopic (exact) mass is 453 g/mol. The van der Waals surface area contributed by atoms with E-state index in [0.717, 1.165) is 11.4 Å². The van der Waals surface area contributed by atoms with Crippen molar-refractivity contribution in [1.29, 1.82) is 5.41 Å². The van der Waals surface area contributed by atoms with Gasteiger partial charge in [0.15, 0.2) is 5.17 Å². The number of nitrogens with zero attached hydrogens (tertiary/aromatic N) is 2. The van der Waals surface area contributed by atoms with Crippen LogP contribution in [0.2, 0.25) is 5.02 Å². The normalized spacial score (nSPS) is 16.9. The second-order valence-corrected chi connectivity index (χ2v) is 8.26. The Labute approximate surface area is 189 Å². The summed E-state index contributed by atoms with van der Waals surface area (Å²) in [5.41, 5.74) is 2.94. The molecule has 1 N–H and O–H groups in total. The zero-order chi connectivity index (χ0) is 22.0. The van der Waals surface area contributed by atoms with Crippen molar-refractivity contribution in [3.8, 4) is 11.5 Å². The van der Waals surface area contributed by atoms with Crippen LogP contribution in [0.3, 0.4) is 0 Å². The van der Waals surface area contributed by atoms with E-state index in [1.54, 1.807) is 29.2 Å². The van der Waals surface area contributed by atoms with Crippen LogP contribution in [0.15, 0.2) is 64.1 Å². The van der Waals surface area contributed by atoms with Crippen LogP contribution in [0.5, 0.6) is 11.5 Å². The number of amides is 1. The molecule has 0 unspecified atom stereocenters. The third-order valence-corrected chi connectivity index (χ3v) is 5.92. The van der Waals surface area contributed by atoms with Crippen molar-refractivity contribution in [3.05, 3.63) is 75.3 Å². The van der Waals surface area contributed by atoms with Gasteiger partial charge in [0.1, 0.15) is 30.5 Å². The van der Waals surface area contributed by atoms with Gasteiger partial charge in [-0.25, -0.2) is 0 Å². The molecule has 0 radical (unpaired) electrons. The summed E-state index contributed by atoms with van der Waals surface area (Å²) in [5, 5.41) is 11.2. The van der Waals surface area contributed by atoms with Gasteiger partial charge < -0.3 is 9.47 Å². The van der Waals surface area contributed by atoms with E-state index in [4.69, 9.17) is 26.5 Å². The first-order valence-corrected chi connectivity index (χ1v) is 10.9. The molecule has 0 atom stereocenters. The van der Waals surface area contributed by atoms with Gasteiger partial charge in [0.2, 0.25) is 0 Å². The summed E-state index contributed by atoms with van der Waals surface area (Å²) < 4.78 is 11.4. The minimum Gasteiger partial charge on any atom is -0.490 e. The number of thioether (sulfide) groups is 1. The number of carbonyl (C=O) groups is 1. The Bertz CT molecular complexity index is 1140. The van der Waals surface area contributed by atoms with Gasteiger partial charge in [0, 0.05) is 5.70 Å². The van der Waals surface area contributed by atoms with Crippen molar-refractivity contribution in [2.75, 3.05) is 13.2 Å². The molecule has 2 aromatic carbocycles. The number of nitrogens with one attached hydrogen (secondary N) is 1. The van der Waals surface area contributed by atoms with Crippen molar-refractivity contribution in [3.63, 3.8) is 0 Å². The highest BCUT2D eigenvalue weighted by molar-refractivity contribution is 8.16. The van der Waals surface area contributed by atoms with Crippen molar-refractivity contribution in [1.82, 2.24) is 4.90 Å². The van der Waals surface area contributed by atoms with Crippen LogP contribution in [0, 0.1) is 12.3 Å². The summed E-state index contributed by atoms with van der Waals surface area (Å²) in [4.78, 5) is 18.1. The molecule has 8 heteroatoms. The first kappa shape index (κ1) is 21.2. The Kier molecular flexibility index (Phi) is 6.15. The summed E-state index contributed by atoms with van der Waals surface area (Å²) in [5.74, 6) is 0.987. The molecule has 2 aliphatic heterocycles. The maximum atomic E-state index is 12.4. The topological polar surface area (TPSA) is 75.0 Å². The Morgan fingerprint density at radius 1 is 1.13 bits per heavy atom. The largest absolute Gasteiger partial charge is 0.490 e. The molecule has 0 saturated heterocycles. The molecule has 1 amide bonds. The summed E-state index contributed by atoms with van der Waals surface area (Å²) in [6.45, 7) is 4.63. The highest BCUT2D eigenvalue weighted by Gasteiger charge is 2.33. The number of rotatable bonds is 6. The van der Waals surface area contributed by atoms with E-state index in [1.807, 2.05) is 43.5 Å². The lowest BCUT2D eigenvalue weighted by Crippen LogP contribution is -2.37. The number of aliphatic imine (C=N–C) groups is 1. The number of halogens is 1. The SMILES string of the molecule is CC1=CSC2=NC(=O)/C(=C\c3ccc(OCCOc4ccc(C)cc4)c(Cl)c3)C(=N)N12. The molecular weight excluding hydrogens is 434 g/mol. The summed E-state index contributed by atoms with van der Waals surface area (Å²) in [7, 11) is 0. The van der Waals surface area contributed by atoms with Gasteiger partial charge >= 0.3 is 0 Å². The van der Waals surface area contributed by atoms with Crippen LogP contribution in [0.1, 0.15) is 18.1 Å². The van der Waals surface area contributed by atoms with Crippen molar-refractivity contribution in [2.45, 2.75) is 13.8 Å². The molecule has 0 fully saturated rings. The van der Waals surface area contributed by atoms with Crippen LogP contribution >= 0.6 is 23.4 Å². The molecule has 2 heterocycles. The number of aryl methyl sites for hydroxylation is 1. The van der Waals surface area contributed by atoms with E-state index in [0.29, 0.717) is 34.7 Å². The van der Waals surface area contributed by atoms with Crippen molar-refractivity contribution < 1.29 is 14.3 Å². The second kappa shape index (κ2) is 8.99. The Morgan fingerprint density at radius 3 is 2.61 bits per heavy atom. The van der Waals surface area contributed by atoms with E-state index in [9.17, 15) is 4.79 Å². The smallest absolute Gasteiger partial charge is 0.283 e. The molecule has 0 aromatic heterocycles. The summed E-state index contributed by atoms with van der Waals surface area (Å²) in [6, 6.07) is 13.0. The lowest BCUT2D eigenvalue weighted by atomic mass is 10.1. The lowest BCUT2D eigenvalue weighted by molar-refractivity contribution is -0.114. The average molecular weight is 454 g/mol. The van der Waals surface area contributed by atoms with Crippen LogP contribution in [0.25, 0.3) is 6.08 Å². The minimum absolute atomic E-state index is 0.110. The first-order valence-electron chi connectivity index (χ1n) is 9.61. The van der Waals surface area contributed by atoms with Crippen LogP contribution < -0.4 is 9.47 Å². The first-order chi connectivity index (χ1) is 14.9. The molecule has 6 nitrogen and oxygen atoms in total. The lowest BCUT2D eigenvalue weighted by Gasteiger charge is -2.25. The summed E-state index contributed by atoms with van der Waals surface area (Å²) >= 11 is 7.70. The highest BCUT2D eigenvalue weighted by atomic mass is 35.5. The fourth-order valence-electron chi connectivity index (χ4n) is 3.08. The van der Waals surface area contributed by atoms with Gasteiger partial charge in [-0.15, -0.1) is 0 Å². The quantitative estimate of drug-likeness (QED) is 0.476. The number of benzene rings is 2. The fraction of sp³-hybridized carbons (Fsp3) is 0.174. The van der Waals surface area contributed by atoms with Crippen LogP contribution in [0.4, 0.5) is 0 Å². The van der Waals surface area contributed by atoms with E-state index in [-0.39, 0.29) is 11.4 Å². The minimum atomic E-state index is -0.434. The molecule has 158 valence electrons. The number of hydrogen-bond donors (Lipinski definition) is 1. The number of fused-ring (bicyclic) bond motifs is 1. The molecule has 0 aliphatic carbocycles. The predicted molar refractivity (Wildman–Crippen MR) is 125 cm³/mol. The molecule has 0 bridgehead atoms. The van der Waals surface area contributed by atoms with Gasteiger partial charge in [-0.1, -0.05) is 47.1 Å². The standard InChI is InChI=1S/C23H20ClN3O3S/c1-14-3-6-17(7-4-14)29-9-10-30-20-8-5-16(12-19(20)24)11-18-21(25)27-15(2)13-31-23(27)26-22(18)28/h3-8,11-13,25H,9-10H2,1-2H3/b18-11-,25-21?. The molecule has 2 aromatic rings. The van der Waals surface area contributed by atoms with Gasteiger partial charge in [-0.3, -0.25) is 15.1 Å². The Morgan fingerprint density at radius 2 is 1.87 bits per heavy atom. The summed E-state index contributed by atoms with van der Waals surface area (Å²) in [6.07, 6.45) is 1.62. The van der Waals surface area contributed by atoms with Gasteiger partial charge in [0.25, 0.3) is 5.91 Å². The number of hydrogen-bond acceptors (Lipinski definition) is 5. The van der Waals surface area contributed by atoms with E-state index >= 15 is 0 Å². The third kappa shape index (κ3) is 4.68. The molecule has 0 spiro atoms. The fourth-order valence-corrected chi connectivity index (χ4v) is 4.18. The number of amidine groups is 2. The van der Waals surface area contributed by atoms with Crippen molar-refractivity contribution >= 4 is 46.3 Å². The number of ether oxygens (including phenoxy) is 2. The molecular formula is C23H20ClN3O3S. The molecule has 0 saturated carbocycles. The Hall–Kier alpha value is -3.03. The second-order valence-electron chi connectivity index (χ2n) is 7.02. The van der Waals surface area contributed by atoms with Crippen LogP contribution in [-0.4, -0.2) is 35.0 Å². The van der Waals surface area contributed by atoms with Crippen LogP contribution in [-0.2, 0) is 4.79 Å². The number of carbonyl (C=O) groups excluding carboxylic acids is 1. The molecule has 4 rings (SSSR count). The zero-order valence-electron chi connectivity index (χ0n) is 17.0. The van der Waals surface area contributed by atoms with E-state index < -0.39 is 5.91 Å². The third-order valence-electron chi connectivity index (χ3n) is 4.68. The van der Waals surface area contributed by atoms with Gasteiger partial charge in [-0.2, -0.15) is 4.99 Å². The average Bonchev–Trinajstić information content (AvgIpc) is 3.11.